The fourth-order valence-corrected chi connectivity index (χ4v) is 3.93. The van der Waals surface area contributed by atoms with Crippen LogP contribution in [0.1, 0.15) is 15.9 Å². The lowest BCUT2D eigenvalue weighted by molar-refractivity contribution is -0.112. The molecule has 1 aliphatic rings. The second-order valence-electron chi connectivity index (χ2n) is 7.08. The van der Waals surface area contributed by atoms with Gasteiger partial charge in [-0.1, -0.05) is 35.1 Å². The van der Waals surface area contributed by atoms with Gasteiger partial charge in [-0.2, -0.15) is 5.26 Å². The first-order valence-corrected chi connectivity index (χ1v) is 11.4. The Labute approximate surface area is 204 Å². The molecule has 0 saturated carbocycles. The summed E-state index contributed by atoms with van der Waals surface area (Å²) in [5.41, 5.74) is 0.851. The number of hydrogen-bond donors (Lipinski definition) is 1. The molecule has 34 heavy (non-hydrogen) atoms. The van der Waals surface area contributed by atoms with E-state index in [-0.39, 0.29) is 5.57 Å². The van der Waals surface area contributed by atoms with E-state index in [9.17, 15) is 14.9 Å². The van der Waals surface area contributed by atoms with E-state index >= 15 is 0 Å². The Morgan fingerprint density at radius 1 is 1.12 bits per heavy atom. The number of morpholine rings is 1. The highest BCUT2D eigenvalue weighted by Crippen LogP contribution is 2.25. The quantitative estimate of drug-likeness (QED) is 0.237. The summed E-state index contributed by atoms with van der Waals surface area (Å²) < 4.78 is 10.7. The molecule has 1 saturated heterocycles. The van der Waals surface area contributed by atoms with Crippen molar-refractivity contribution in [3.8, 4) is 11.8 Å². The third-order valence-electron chi connectivity index (χ3n) is 4.76. The van der Waals surface area contributed by atoms with Gasteiger partial charge in [-0.3, -0.25) is 10.1 Å². The summed E-state index contributed by atoms with van der Waals surface area (Å²) in [6.07, 6.45) is 1.43. The van der Waals surface area contributed by atoms with Gasteiger partial charge in [-0.25, -0.2) is 4.79 Å². The maximum Gasteiger partial charge on any atom is 0.343 e. The van der Waals surface area contributed by atoms with Gasteiger partial charge < -0.3 is 14.4 Å². The molecule has 1 fully saturated rings. The highest BCUT2D eigenvalue weighted by atomic mass is 35.5. The molecule has 0 radical (unpaired) electrons. The molecule has 4 rings (SSSR count). The third kappa shape index (κ3) is 5.96. The molecule has 1 amide bonds. The topological polar surface area (TPSA) is 117 Å². The molecular weight excluding hydrogens is 478 g/mol. The number of halogens is 1. The van der Waals surface area contributed by atoms with Crippen molar-refractivity contribution >= 4 is 51.2 Å². The van der Waals surface area contributed by atoms with Crippen molar-refractivity contribution < 1.29 is 19.1 Å². The van der Waals surface area contributed by atoms with E-state index in [1.165, 1.54) is 17.4 Å². The van der Waals surface area contributed by atoms with Crippen LogP contribution in [-0.2, 0) is 9.53 Å². The van der Waals surface area contributed by atoms with Crippen LogP contribution in [0.2, 0.25) is 5.02 Å². The van der Waals surface area contributed by atoms with Crippen molar-refractivity contribution in [3.05, 3.63) is 70.3 Å². The van der Waals surface area contributed by atoms with Crippen LogP contribution in [0.5, 0.6) is 5.75 Å². The van der Waals surface area contributed by atoms with Gasteiger partial charge in [0.25, 0.3) is 5.91 Å². The fraction of sp³-hybridized carbons (Fsp3) is 0.174. The summed E-state index contributed by atoms with van der Waals surface area (Å²) in [4.78, 5) is 26.8. The Hall–Kier alpha value is -3.78. The largest absolute Gasteiger partial charge is 0.423 e. The summed E-state index contributed by atoms with van der Waals surface area (Å²) in [7, 11) is 0. The summed E-state index contributed by atoms with van der Waals surface area (Å²) in [5.74, 6) is -0.791. The first kappa shape index (κ1) is 23.4. The number of amides is 1. The summed E-state index contributed by atoms with van der Waals surface area (Å²) in [6.45, 7) is 2.64. The summed E-state index contributed by atoms with van der Waals surface area (Å²) in [5, 5.41) is 21.7. The van der Waals surface area contributed by atoms with E-state index in [0.717, 1.165) is 0 Å². The molecule has 9 nitrogen and oxygen atoms in total. The van der Waals surface area contributed by atoms with Crippen molar-refractivity contribution in [3.63, 3.8) is 0 Å². The number of benzene rings is 2. The van der Waals surface area contributed by atoms with E-state index in [1.54, 1.807) is 48.5 Å². The number of anilines is 2. The average Bonchev–Trinajstić information content (AvgIpc) is 3.33. The number of aromatic nitrogens is 2. The molecule has 0 unspecified atom stereocenters. The molecule has 0 aliphatic carbocycles. The number of nitrogens with zero attached hydrogens (tertiary/aromatic N) is 4. The number of rotatable bonds is 6. The number of carbonyl (C=O) groups is 2. The second-order valence-corrected chi connectivity index (χ2v) is 8.47. The smallest absolute Gasteiger partial charge is 0.343 e. The van der Waals surface area contributed by atoms with Crippen LogP contribution in [0.25, 0.3) is 6.08 Å². The predicted octanol–water partition coefficient (Wildman–Crippen LogP) is 3.79. The maximum atomic E-state index is 12.6. The number of ether oxygens (including phenoxy) is 2. The van der Waals surface area contributed by atoms with Crippen LogP contribution < -0.4 is 15.0 Å². The molecule has 0 spiro atoms. The number of nitrogens with one attached hydrogen (secondary N) is 1. The van der Waals surface area contributed by atoms with Gasteiger partial charge >= 0.3 is 5.97 Å². The highest BCUT2D eigenvalue weighted by molar-refractivity contribution is 7.19. The van der Waals surface area contributed by atoms with Crippen molar-refractivity contribution in [2.75, 3.05) is 36.5 Å². The Kier molecular flexibility index (Phi) is 7.49. The minimum Gasteiger partial charge on any atom is -0.423 e. The van der Waals surface area contributed by atoms with Gasteiger partial charge in [0, 0.05) is 18.1 Å². The Morgan fingerprint density at radius 3 is 2.50 bits per heavy atom. The molecule has 0 bridgehead atoms. The number of hydrogen-bond acceptors (Lipinski definition) is 9. The minimum atomic E-state index is -0.592. The van der Waals surface area contributed by atoms with Crippen molar-refractivity contribution in [2.24, 2.45) is 0 Å². The number of nitriles is 1. The minimum absolute atomic E-state index is 0.103. The van der Waals surface area contributed by atoms with E-state index in [0.29, 0.717) is 58.5 Å². The van der Waals surface area contributed by atoms with Crippen LogP contribution in [0, 0.1) is 11.3 Å². The van der Waals surface area contributed by atoms with E-state index in [4.69, 9.17) is 21.1 Å². The van der Waals surface area contributed by atoms with Gasteiger partial charge in [-0.15, -0.1) is 10.2 Å². The van der Waals surface area contributed by atoms with E-state index in [2.05, 4.69) is 15.5 Å². The lowest BCUT2D eigenvalue weighted by Crippen LogP contribution is -2.36. The second kappa shape index (κ2) is 10.9. The van der Waals surface area contributed by atoms with Gasteiger partial charge in [0.15, 0.2) is 0 Å². The van der Waals surface area contributed by atoms with Gasteiger partial charge in [0.1, 0.15) is 17.4 Å². The SMILES string of the molecule is N#C/C(=C/c1ccc(OC(=O)c2ccc(Cl)cc2)cc1)C(=O)Nc1nnc(N2CCOCC2)s1. The molecule has 1 aliphatic heterocycles. The zero-order valence-corrected chi connectivity index (χ0v) is 19.3. The van der Waals surface area contributed by atoms with Crippen LogP contribution in [0.3, 0.4) is 0 Å². The zero-order valence-electron chi connectivity index (χ0n) is 17.7. The average molecular weight is 496 g/mol. The molecule has 0 atom stereocenters. The normalized spacial score (nSPS) is 13.8. The molecule has 2 heterocycles. The third-order valence-corrected chi connectivity index (χ3v) is 5.91. The molecule has 2 aromatic carbocycles. The molecule has 1 N–H and O–H groups in total. The lowest BCUT2D eigenvalue weighted by Gasteiger charge is -2.25. The van der Waals surface area contributed by atoms with Gasteiger partial charge in [0.2, 0.25) is 10.3 Å². The molecule has 11 heteroatoms. The summed E-state index contributed by atoms with van der Waals surface area (Å²) >= 11 is 7.06. The monoisotopic (exact) mass is 495 g/mol. The molecular formula is C23H18ClN5O4S. The predicted molar refractivity (Wildman–Crippen MR) is 128 cm³/mol. The van der Waals surface area contributed by atoms with Crippen molar-refractivity contribution in [1.82, 2.24) is 10.2 Å². The molecule has 3 aromatic rings. The maximum absolute atomic E-state index is 12.6. The highest BCUT2D eigenvalue weighted by Gasteiger charge is 2.18. The zero-order chi connectivity index (χ0) is 23.9. The van der Waals surface area contributed by atoms with Crippen LogP contribution in [0.15, 0.2) is 54.1 Å². The van der Waals surface area contributed by atoms with E-state index in [1.807, 2.05) is 11.0 Å². The molecule has 172 valence electrons. The Balaban J connectivity index is 1.38. The first-order valence-electron chi connectivity index (χ1n) is 10.2. The number of carbonyl (C=O) groups excluding carboxylic acids is 2. The Bertz CT molecular complexity index is 1250. The van der Waals surface area contributed by atoms with Crippen molar-refractivity contribution in [2.45, 2.75) is 0 Å². The van der Waals surface area contributed by atoms with Gasteiger partial charge in [0.05, 0.1) is 18.8 Å². The van der Waals surface area contributed by atoms with Crippen LogP contribution in [-0.4, -0.2) is 48.4 Å². The standard InChI is InChI=1S/C23H18ClN5O4S/c24-18-5-3-16(4-6-18)21(31)33-19-7-1-15(2-8-19)13-17(14-25)20(30)26-22-27-28-23(34-22)29-9-11-32-12-10-29/h1-8,13H,9-12H2,(H,26,27,30)/b17-13-. The van der Waals surface area contributed by atoms with Gasteiger partial charge in [-0.05, 0) is 48.0 Å². The van der Waals surface area contributed by atoms with Crippen molar-refractivity contribution in [1.29, 1.82) is 5.26 Å². The van der Waals surface area contributed by atoms with Crippen LogP contribution >= 0.6 is 22.9 Å². The Morgan fingerprint density at radius 2 is 1.82 bits per heavy atom. The fourth-order valence-electron chi connectivity index (χ4n) is 3.01. The van der Waals surface area contributed by atoms with Crippen LogP contribution in [0.4, 0.5) is 10.3 Å². The summed E-state index contributed by atoms with van der Waals surface area (Å²) in [6, 6.07) is 14.7. The van der Waals surface area contributed by atoms with E-state index < -0.39 is 11.9 Å². The lowest BCUT2D eigenvalue weighted by atomic mass is 10.1. The number of esters is 1. The first-order chi connectivity index (χ1) is 16.5. The molecule has 1 aromatic heterocycles.